The van der Waals surface area contributed by atoms with E-state index in [-0.39, 0.29) is 24.2 Å². The molecule has 0 aliphatic heterocycles. The number of hydrogen-bond acceptors (Lipinski definition) is 2. The standard InChI is InChI=1S/C11H16ClNO.ClH/c1-2-3-4-10(13)9-7-8(12)5-6-11(9)14;/h5-7,10,14H,2-4,13H2,1H3;1H/t10-;/m0./s1. The zero-order valence-electron chi connectivity index (χ0n) is 8.74. The first-order valence-corrected chi connectivity index (χ1v) is 5.27. The molecule has 1 aromatic rings. The van der Waals surface area contributed by atoms with Crippen molar-refractivity contribution in [3.05, 3.63) is 28.8 Å². The van der Waals surface area contributed by atoms with Crippen LogP contribution in [-0.4, -0.2) is 5.11 Å². The number of benzene rings is 1. The molecule has 0 unspecified atom stereocenters. The summed E-state index contributed by atoms with van der Waals surface area (Å²) in [5.41, 5.74) is 6.67. The summed E-state index contributed by atoms with van der Waals surface area (Å²) in [7, 11) is 0. The van der Waals surface area contributed by atoms with E-state index < -0.39 is 0 Å². The quantitative estimate of drug-likeness (QED) is 0.856. The molecule has 0 radical (unpaired) electrons. The van der Waals surface area contributed by atoms with Crippen molar-refractivity contribution in [1.29, 1.82) is 0 Å². The number of hydrogen-bond donors (Lipinski definition) is 2. The highest BCUT2D eigenvalue weighted by Crippen LogP contribution is 2.28. The highest BCUT2D eigenvalue weighted by molar-refractivity contribution is 6.30. The fraction of sp³-hybridized carbons (Fsp3) is 0.455. The molecule has 2 nitrogen and oxygen atoms in total. The molecule has 3 N–H and O–H groups in total. The normalized spacial score (nSPS) is 11.9. The van der Waals surface area contributed by atoms with Crippen LogP contribution in [0, 0.1) is 0 Å². The lowest BCUT2D eigenvalue weighted by Crippen LogP contribution is -2.10. The van der Waals surface area contributed by atoms with Crippen LogP contribution in [0.5, 0.6) is 5.75 Å². The maximum absolute atomic E-state index is 9.57. The van der Waals surface area contributed by atoms with E-state index >= 15 is 0 Å². The Hall–Kier alpha value is -0.440. The Balaban J connectivity index is 0.00000196. The van der Waals surface area contributed by atoms with Gasteiger partial charge in [-0.25, -0.2) is 0 Å². The topological polar surface area (TPSA) is 46.2 Å². The highest BCUT2D eigenvalue weighted by Gasteiger charge is 2.10. The molecule has 0 saturated heterocycles. The largest absolute Gasteiger partial charge is 0.508 e. The lowest BCUT2D eigenvalue weighted by atomic mass is 10.0. The van der Waals surface area contributed by atoms with E-state index in [1.807, 2.05) is 0 Å². The summed E-state index contributed by atoms with van der Waals surface area (Å²) in [6.07, 6.45) is 3.05. The Morgan fingerprint density at radius 3 is 2.73 bits per heavy atom. The third-order valence-corrected chi connectivity index (χ3v) is 2.49. The molecule has 1 aromatic carbocycles. The van der Waals surface area contributed by atoms with Crippen LogP contribution in [-0.2, 0) is 0 Å². The van der Waals surface area contributed by atoms with Gasteiger partial charge in [0.15, 0.2) is 0 Å². The van der Waals surface area contributed by atoms with Gasteiger partial charge in [0.1, 0.15) is 5.75 Å². The Morgan fingerprint density at radius 2 is 2.13 bits per heavy atom. The maximum atomic E-state index is 9.57. The lowest BCUT2D eigenvalue weighted by Gasteiger charge is -2.13. The van der Waals surface area contributed by atoms with Crippen molar-refractivity contribution in [1.82, 2.24) is 0 Å². The van der Waals surface area contributed by atoms with Crippen molar-refractivity contribution in [2.45, 2.75) is 32.2 Å². The van der Waals surface area contributed by atoms with Crippen LogP contribution >= 0.6 is 24.0 Å². The number of aromatic hydroxyl groups is 1. The van der Waals surface area contributed by atoms with Gasteiger partial charge in [-0.2, -0.15) is 0 Å². The van der Waals surface area contributed by atoms with E-state index in [0.29, 0.717) is 5.02 Å². The first-order chi connectivity index (χ1) is 6.65. The van der Waals surface area contributed by atoms with Crippen LogP contribution in [0.4, 0.5) is 0 Å². The molecule has 4 heteroatoms. The molecule has 0 aromatic heterocycles. The van der Waals surface area contributed by atoms with E-state index in [4.69, 9.17) is 17.3 Å². The van der Waals surface area contributed by atoms with Gasteiger partial charge in [0.2, 0.25) is 0 Å². The van der Waals surface area contributed by atoms with Gasteiger partial charge in [-0.1, -0.05) is 31.4 Å². The summed E-state index contributed by atoms with van der Waals surface area (Å²) in [6, 6.07) is 4.86. The van der Waals surface area contributed by atoms with Gasteiger partial charge >= 0.3 is 0 Å². The maximum Gasteiger partial charge on any atom is 0.120 e. The summed E-state index contributed by atoms with van der Waals surface area (Å²) in [5, 5.41) is 10.2. The summed E-state index contributed by atoms with van der Waals surface area (Å²) in [6.45, 7) is 2.12. The van der Waals surface area contributed by atoms with Crippen LogP contribution in [0.1, 0.15) is 37.8 Å². The van der Waals surface area contributed by atoms with Crippen molar-refractivity contribution in [3.8, 4) is 5.75 Å². The molecule has 0 fully saturated rings. The Morgan fingerprint density at radius 1 is 1.47 bits per heavy atom. The van der Waals surface area contributed by atoms with Gasteiger partial charge in [-0.05, 0) is 24.6 Å². The summed E-state index contributed by atoms with van der Waals surface area (Å²) in [5.74, 6) is 0.234. The second-order valence-corrected chi connectivity index (χ2v) is 3.89. The zero-order chi connectivity index (χ0) is 10.6. The molecule has 0 aliphatic carbocycles. The number of nitrogens with two attached hydrogens (primary N) is 1. The summed E-state index contributed by atoms with van der Waals surface area (Å²) >= 11 is 5.83. The molecule has 0 aliphatic rings. The minimum absolute atomic E-state index is 0. The van der Waals surface area contributed by atoms with Crippen molar-refractivity contribution < 1.29 is 5.11 Å². The van der Waals surface area contributed by atoms with Gasteiger partial charge in [-0.3, -0.25) is 0 Å². The molecule has 0 heterocycles. The number of rotatable bonds is 4. The molecule has 1 rings (SSSR count). The summed E-state index contributed by atoms with van der Waals surface area (Å²) < 4.78 is 0. The van der Waals surface area contributed by atoms with E-state index in [0.717, 1.165) is 24.8 Å². The van der Waals surface area contributed by atoms with Crippen molar-refractivity contribution in [2.75, 3.05) is 0 Å². The van der Waals surface area contributed by atoms with Crippen molar-refractivity contribution >= 4 is 24.0 Å². The fourth-order valence-electron chi connectivity index (χ4n) is 1.40. The van der Waals surface area contributed by atoms with Gasteiger partial charge in [0.05, 0.1) is 0 Å². The number of halogens is 2. The monoisotopic (exact) mass is 249 g/mol. The molecule has 86 valence electrons. The molecular weight excluding hydrogens is 233 g/mol. The highest BCUT2D eigenvalue weighted by atomic mass is 35.5. The molecule has 1 atom stereocenters. The van der Waals surface area contributed by atoms with Crippen LogP contribution in [0.15, 0.2) is 18.2 Å². The van der Waals surface area contributed by atoms with Crippen LogP contribution < -0.4 is 5.73 Å². The van der Waals surface area contributed by atoms with Crippen LogP contribution in [0.2, 0.25) is 5.02 Å². The minimum atomic E-state index is -0.117. The van der Waals surface area contributed by atoms with Crippen molar-refractivity contribution in [3.63, 3.8) is 0 Å². The molecule has 0 amide bonds. The van der Waals surface area contributed by atoms with Crippen LogP contribution in [0.3, 0.4) is 0 Å². The molecule has 0 saturated carbocycles. The average molecular weight is 250 g/mol. The SMILES string of the molecule is CCCC[C@H](N)c1cc(Cl)ccc1O.Cl. The van der Waals surface area contributed by atoms with Gasteiger partial charge in [0, 0.05) is 16.6 Å². The molecular formula is C11H17Cl2NO. The minimum Gasteiger partial charge on any atom is -0.508 e. The number of phenolic OH excluding ortho intramolecular Hbond substituents is 1. The zero-order valence-corrected chi connectivity index (χ0v) is 10.3. The third kappa shape index (κ3) is 4.29. The first kappa shape index (κ1) is 14.6. The second kappa shape index (κ2) is 6.94. The number of phenols is 1. The summed E-state index contributed by atoms with van der Waals surface area (Å²) in [4.78, 5) is 0. The van der Waals surface area contributed by atoms with Gasteiger partial charge in [0.25, 0.3) is 0 Å². The first-order valence-electron chi connectivity index (χ1n) is 4.89. The third-order valence-electron chi connectivity index (χ3n) is 2.26. The van der Waals surface area contributed by atoms with Gasteiger partial charge in [-0.15, -0.1) is 12.4 Å². The molecule has 0 bridgehead atoms. The fourth-order valence-corrected chi connectivity index (χ4v) is 1.58. The Kier molecular flexibility index (Phi) is 6.73. The second-order valence-electron chi connectivity index (χ2n) is 3.45. The number of unbranched alkanes of at least 4 members (excludes halogenated alkanes) is 1. The average Bonchev–Trinajstić information content (AvgIpc) is 2.18. The predicted molar refractivity (Wildman–Crippen MR) is 66.8 cm³/mol. The van der Waals surface area contributed by atoms with Crippen LogP contribution in [0.25, 0.3) is 0 Å². The van der Waals surface area contributed by atoms with Gasteiger partial charge < -0.3 is 10.8 Å². The Labute approximate surface area is 102 Å². The van der Waals surface area contributed by atoms with E-state index in [1.165, 1.54) is 0 Å². The smallest absolute Gasteiger partial charge is 0.120 e. The van der Waals surface area contributed by atoms with Crippen molar-refractivity contribution in [2.24, 2.45) is 5.73 Å². The lowest BCUT2D eigenvalue weighted by molar-refractivity contribution is 0.456. The van der Waals surface area contributed by atoms with E-state index in [9.17, 15) is 5.11 Å². The molecule has 15 heavy (non-hydrogen) atoms. The van der Waals surface area contributed by atoms with E-state index in [2.05, 4.69) is 6.92 Å². The molecule has 0 spiro atoms. The Bertz CT molecular complexity index is 305. The van der Waals surface area contributed by atoms with E-state index in [1.54, 1.807) is 18.2 Å². The predicted octanol–water partition coefficient (Wildman–Crippen LogP) is 3.66.